The van der Waals surface area contributed by atoms with Crippen LogP contribution in [-0.2, 0) is 4.79 Å². The molecule has 3 fully saturated rings. The van der Waals surface area contributed by atoms with Crippen molar-refractivity contribution in [3.63, 3.8) is 0 Å². The number of carbonyl (C=O) groups is 2. The van der Waals surface area contributed by atoms with Crippen LogP contribution in [0.1, 0.15) is 48.9 Å². The van der Waals surface area contributed by atoms with Gasteiger partial charge in [0.2, 0.25) is 5.91 Å². The molecular weight excluding hydrogens is 302 g/mol. The van der Waals surface area contributed by atoms with E-state index in [0.29, 0.717) is 23.9 Å². The Morgan fingerprint density at radius 3 is 2.54 bits per heavy atom. The Bertz CT molecular complexity index is 606. The number of hydrogen-bond donors (Lipinski definition) is 0. The molecule has 0 unspecified atom stereocenters. The fourth-order valence-corrected chi connectivity index (χ4v) is 4.71. The summed E-state index contributed by atoms with van der Waals surface area (Å²) >= 11 is 0. The zero-order valence-corrected chi connectivity index (χ0v) is 14.1. The third-order valence-corrected chi connectivity index (χ3v) is 6.00. The minimum atomic E-state index is -0.287. The molecule has 2 amide bonds. The molecule has 0 N–H and O–H groups in total. The molecule has 2 aliphatic heterocycles. The Balaban J connectivity index is 1.50. The largest absolute Gasteiger partial charge is 0.340 e. The summed E-state index contributed by atoms with van der Waals surface area (Å²) in [5, 5.41) is 0. The summed E-state index contributed by atoms with van der Waals surface area (Å²) in [5.41, 5.74) is 0.579. The molecule has 1 aliphatic carbocycles. The Hall–Kier alpha value is -1.91. The second kappa shape index (κ2) is 6.54. The summed E-state index contributed by atoms with van der Waals surface area (Å²) in [6.07, 6.45) is 9.88. The molecule has 3 aliphatic rings. The van der Waals surface area contributed by atoms with Gasteiger partial charge in [-0.05, 0) is 56.1 Å². The van der Waals surface area contributed by atoms with Crippen LogP contribution in [-0.4, -0.2) is 52.3 Å². The lowest BCUT2D eigenvalue weighted by molar-refractivity contribution is -0.136. The first kappa shape index (κ1) is 15.6. The number of likely N-dealkylation sites (tertiary alicyclic amines) is 2. The molecule has 0 bridgehead atoms. The molecule has 5 nitrogen and oxygen atoms in total. The van der Waals surface area contributed by atoms with Crippen LogP contribution in [0.5, 0.6) is 0 Å². The van der Waals surface area contributed by atoms with Crippen molar-refractivity contribution in [3.05, 3.63) is 30.1 Å². The molecule has 0 spiro atoms. The van der Waals surface area contributed by atoms with E-state index in [0.717, 1.165) is 32.4 Å². The van der Waals surface area contributed by atoms with E-state index in [1.165, 1.54) is 19.3 Å². The Labute approximate surface area is 143 Å². The average molecular weight is 327 g/mol. The summed E-state index contributed by atoms with van der Waals surface area (Å²) in [5.74, 6) is 1.50. The lowest BCUT2D eigenvalue weighted by Crippen LogP contribution is -2.52. The molecule has 1 saturated carbocycles. The van der Waals surface area contributed by atoms with Gasteiger partial charge in [-0.15, -0.1) is 0 Å². The van der Waals surface area contributed by atoms with Crippen LogP contribution >= 0.6 is 0 Å². The van der Waals surface area contributed by atoms with E-state index in [2.05, 4.69) is 4.98 Å². The van der Waals surface area contributed by atoms with Crippen LogP contribution in [0.2, 0.25) is 0 Å². The number of fused-ring (bicyclic) bond motifs is 1. The van der Waals surface area contributed by atoms with E-state index >= 15 is 0 Å². The zero-order valence-electron chi connectivity index (χ0n) is 14.1. The van der Waals surface area contributed by atoms with Crippen LogP contribution in [0.4, 0.5) is 0 Å². The lowest BCUT2D eigenvalue weighted by Gasteiger charge is -2.37. The highest BCUT2D eigenvalue weighted by molar-refractivity contribution is 5.97. The molecule has 0 aromatic carbocycles. The summed E-state index contributed by atoms with van der Waals surface area (Å²) in [4.78, 5) is 33.8. The van der Waals surface area contributed by atoms with Gasteiger partial charge in [0.1, 0.15) is 6.04 Å². The van der Waals surface area contributed by atoms with Gasteiger partial charge in [0.05, 0.1) is 5.56 Å². The number of aromatic nitrogens is 1. The molecule has 0 radical (unpaired) electrons. The van der Waals surface area contributed by atoms with Gasteiger partial charge in [0.15, 0.2) is 0 Å². The molecule has 1 aromatic rings. The maximum Gasteiger partial charge on any atom is 0.256 e. The maximum absolute atomic E-state index is 13.1. The minimum absolute atomic E-state index is 0.0551. The molecule has 3 atom stereocenters. The van der Waals surface area contributed by atoms with Gasteiger partial charge in [0.25, 0.3) is 5.91 Å². The third kappa shape index (κ3) is 2.80. The quantitative estimate of drug-likeness (QED) is 0.838. The van der Waals surface area contributed by atoms with Crippen molar-refractivity contribution in [2.45, 2.75) is 44.6 Å². The van der Waals surface area contributed by atoms with Gasteiger partial charge < -0.3 is 9.80 Å². The third-order valence-electron chi connectivity index (χ3n) is 6.00. The van der Waals surface area contributed by atoms with Gasteiger partial charge in [-0.3, -0.25) is 14.6 Å². The number of hydrogen-bond acceptors (Lipinski definition) is 3. The number of nitrogens with zero attached hydrogens (tertiary/aromatic N) is 3. The van der Waals surface area contributed by atoms with Crippen LogP contribution < -0.4 is 0 Å². The van der Waals surface area contributed by atoms with Crippen LogP contribution in [0.25, 0.3) is 0 Å². The molecule has 24 heavy (non-hydrogen) atoms. The summed E-state index contributed by atoms with van der Waals surface area (Å²) < 4.78 is 0. The standard InChI is InChI=1S/C19H25N3O2/c23-18(14-7-4-9-20-11-14)22-10-2-1-8-17(22)19(24)21-12-15-5-3-6-16(15)13-21/h4,7,9,11,15-17H,1-3,5-6,8,10,12-13H2/t15-,16-,17-/m0/s1. The predicted molar refractivity (Wildman–Crippen MR) is 90.3 cm³/mol. The van der Waals surface area contributed by atoms with Crippen molar-refractivity contribution in [1.82, 2.24) is 14.8 Å². The first-order valence-corrected chi connectivity index (χ1v) is 9.24. The normalized spacial score (nSPS) is 29.6. The van der Waals surface area contributed by atoms with Gasteiger partial charge >= 0.3 is 0 Å². The molecule has 3 heterocycles. The van der Waals surface area contributed by atoms with E-state index in [1.54, 1.807) is 29.4 Å². The fourth-order valence-electron chi connectivity index (χ4n) is 4.71. The van der Waals surface area contributed by atoms with E-state index in [1.807, 2.05) is 4.90 Å². The molecule has 128 valence electrons. The van der Waals surface area contributed by atoms with Crippen LogP contribution in [0.3, 0.4) is 0 Å². The van der Waals surface area contributed by atoms with E-state index in [-0.39, 0.29) is 17.9 Å². The average Bonchev–Trinajstić information content (AvgIpc) is 3.23. The molecular formula is C19H25N3O2. The number of amides is 2. The summed E-state index contributed by atoms with van der Waals surface area (Å²) in [6, 6.07) is 3.27. The number of carbonyl (C=O) groups excluding carboxylic acids is 2. The smallest absolute Gasteiger partial charge is 0.256 e. The van der Waals surface area contributed by atoms with Gasteiger partial charge in [-0.1, -0.05) is 6.42 Å². The number of rotatable bonds is 2. The highest BCUT2D eigenvalue weighted by Crippen LogP contribution is 2.38. The van der Waals surface area contributed by atoms with E-state index < -0.39 is 0 Å². The number of piperidine rings is 1. The van der Waals surface area contributed by atoms with Crippen molar-refractivity contribution >= 4 is 11.8 Å². The monoisotopic (exact) mass is 327 g/mol. The molecule has 5 heteroatoms. The Morgan fingerprint density at radius 1 is 1.04 bits per heavy atom. The highest BCUT2D eigenvalue weighted by atomic mass is 16.2. The van der Waals surface area contributed by atoms with Crippen molar-refractivity contribution in [3.8, 4) is 0 Å². The topological polar surface area (TPSA) is 53.5 Å². The second-order valence-corrected chi connectivity index (χ2v) is 7.45. The van der Waals surface area contributed by atoms with Crippen molar-refractivity contribution < 1.29 is 9.59 Å². The van der Waals surface area contributed by atoms with Crippen molar-refractivity contribution in [1.29, 1.82) is 0 Å². The first-order chi connectivity index (χ1) is 11.7. The van der Waals surface area contributed by atoms with Gasteiger partial charge in [0, 0.05) is 32.0 Å². The number of pyridine rings is 1. The summed E-state index contributed by atoms with van der Waals surface area (Å²) in [6.45, 7) is 2.47. The van der Waals surface area contributed by atoms with Gasteiger partial charge in [-0.25, -0.2) is 0 Å². The highest BCUT2D eigenvalue weighted by Gasteiger charge is 2.42. The van der Waals surface area contributed by atoms with Gasteiger partial charge in [-0.2, -0.15) is 0 Å². The molecule has 4 rings (SSSR count). The zero-order chi connectivity index (χ0) is 16.5. The van der Waals surface area contributed by atoms with Crippen LogP contribution in [0.15, 0.2) is 24.5 Å². The molecule has 2 saturated heterocycles. The summed E-state index contributed by atoms with van der Waals surface area (Å²) in [7, 11) is 0. The maximum atomic E-state index is 13.1. The predicted octanol–water partition coefficient (Wildman–Crippen LogP) is 2.33. The Kier molecular flexibility index (Phi) is 4.25. The van der Waals surface area contributed by atoms with Crippen molar-refractivity contribution in [2.24, 2.45) is 11.8 Å². The lowest BCUT2D eigenvalue weighted by atomic mass is 9.99. The minimum Gasteiger partial charge on any atom is -0.340 e. The Morgan fingerprint density at radius 2 is 1.83 bits per heavy atom. The van der Waals surface area contributed by atoms with E-state index in [9.17, 15) is 9.59 Å². The fraction of sp³-hybridized carbons (Fsp3) is 0.632. The van der Waals surface area contributed by atoms with Crippen LogP contribution in [0, 0.1) is 11.8 Å². The molecule has 1 aromatic heterocycles. The van der Waals surface area contributed by atoms with Crippen molar-refractivity contribution in [2.75, 3.05) is 19.6 Å². The SMILES string of the molecule is O=C([C@@H]1CCCCN1C(=O)c1cccnc1)N1C[C@@H]2CCC[C@H]2C1. The second-order valence-electron chi connectivity index (χ2n) is 7.45. The first-order valence-electron chi connectivity index (χ1n) is 9.24. The van der Waals surface area contributed by atoms with E-state index in [4.69, 9.17) is 0 Å².